The van der Waals surface area contributed by atoms with Gasteiger partial charge < -0.3 is 33.0 Å². The molecular weight excluding hydrogens is 790 g/mol. The van der Waals surface area contributed by atoms with Crippen LogP contribution in [0.15, 0.2) is 60.8 Å². The van der Waals surface area contributed by atoms with Gasteiger partial charge in [0.15, 0.2) is 6.10 Å². The van der Waals surface area contributed by atoms with E-state index in [0.717, 1.165) is 44.9 Å². The first-order chi connectivity index (χ1) is 29.4. The summed E-state index contributed by atoms with van der Waals surface area (Å²) >= 11 is 0. The summed E-state index contributed by atoms with van der Waals surface area (Å²) in [4.78, 5) is 37.7. The number of carbonyl (C=O) groups is 2. The van der Waals surface area contributed by atoms with E-state index in [0.29, 0.717) is 30.3 Å². The molecule has 0 aromatic carbocycles. The Balaban J connectivity index is 4.48. The van der Waals surface area contributed by atoms with Crippen LogP contribution in [0.5, 0.6) is 0 Å². The highest BCUT2D eigenvalue weighted by molar-refractivity contribution is 7.45. The predicted octanol–water partition coefficient (Wildman–Crippen LogP) is 12.4. The Morgan fingerprint density at radius 3 is 1.67 bits per heavy atom. The third-order valence-electron chi connectivity index (χ3n) is 10.1. The Hall–Kier alpha value is -2.33. The summed E-state index contributed by atoms with van der Waals surface area (Å²) < 4.78 is 33.8. The van der Waals surface area contributed by atoms with Crippen molar-refractivity contribution in [2.24, 2.45) is 0 Å². The molecule has 0 saturated carbocycles. The van der Waals surface area contributed by atoms with Gasteiger partial charge in [-0.1, -0.05) is 164 Å². The average Bonchev–Trinajstić information content (AvgIpc) is 3.21. The zero-order chi connectivity index (χ0) is 45.1. The van der Waals surface area contributed by atoms with Gasteiger partial charge in [0.2, 0.25) is 0 Å². The number of allylic oxidation sites excluding steroid dienone is 9. The largest absolute Gasteiger partial charge is 0.756 e. The van der Waals surface area contributed by atoms with Gasteiger partial charge >= 0.3 is 11.9 Å². The molecule has 0 aliphatic carbocycles. The quantitative estimate of drug-likeness (QED) is 0.0159. The first kappa shape index (κ1) is 58.7. The van der Waals surface area contributed by atoms with Gasteiger partial charge in [-0.3, -0.25) is 14.2 Å². The molecule has 2 unspecified atom stereocenters. The van der Waals surface area contributed by atoms with Crippen molar-refractivity contribution in [3.8, 4) is 0 Å². The standard InChI is InChI=1S/C50H90NO9P/c1-6-8-10-12-14-16-18-20-21-22-23-24-25-27-29-31-33-35-37-41-50(54)60-48(46-59-61(55,56)58-44-43-51(3,4)5)45-57-49(53)42-38-40-47(52)39-36-34-32-30-28-26-19-17-15-13-11-9-7-2/h14,16,20-21,26,28,32,34,36,39,47-48,52H,6-13,15,17-19,22-25,27,29-31,33,35,37-38,40-46H2,1-5H3/b16-14-,21-20-,28-26+,34-32+,39-36+/t47?,48-/m1/s1. The normalized spacial score (nSPS) is 14.5. The molecule has 0 rings (SSSR count). The van der Waals surface area contributed by atoms with Crippen molar-refractivity contribution in [3.05, 3.63) is 60.8 Å². The lowest BCUT2D eigenvalue weighted by Gasteiger charge is -2.28. The van der Waals surface area contributed by atoms with Gasteiger partial charge in [0, 0.05) is 12.8 Å². The molecule has 61 heavy (non-hydrogen) atoms. The van der Waals surface area contributed by atoms with Crippen molar-refractivity contribution < 1.29 is 47.2 Å². The van der Waals surface area contributed by atoms with Crippen molar-refractivity contribution in [2.45, 2.75) is 199 Å². The number of ether oxygens (including phenoxy) is 2. The Bertz CT molecular complexity index is 1240. The van der Waals surface area contributed by atoms with E-state index in [1.165, 1.54) is 96.3 Å². The number of aliphatic hydroxyl groups is 1. The third kappa shape index (κ3) is 45.5. The highest BCUT2D eigenvalue weighted by atomic mass is 31.2. The van der Waals surface area contributed by atoms with Crippen LogP contribution in [0.3, 0.4) is 0 Å². The first-order valence-electron chi connectivity index (χ1n) is 24.1. The molecule has 0 aliphatic rings. The van der Waals surface area contributed by atoms with Crippen molar-refractivity contribution in [3.63, 3.8) is 0 Å². The molecular formula is C50H90NO9P. The van der Waals surface area contributed by atoms with Gasteiger partial charge in [-0.15, -0.1) is 0 Å². The van der Waals surface area contributed by atoms with Crippen LogP contribution in [0.4, 0.5) is 0 Å². The van der Waals surface area contributed by atoms with Crippen LogP contribution in [0.2, 0.25) is 0 Å². The maximum atomic E-state index is 12.7. The highest BCUT2D eigenvalue weighted by Crippen LogP contribution is 2.38. The number of unbranched alkanes of at least 4 members (excludes halogenated alkanes) is 18. The number of hydrogen-bond donors (Lipinski definition) is 1. The van der Waals surface area contributed by atoms with Gasteiger partial charge in [0.1, 0.15) is 19.8 Å². The van der Waals surface area contributed by atoms with Gasteiger partial charge in [0.05, 0.1) is 33.9 Å². The smallest absolute Gasteiger partial charge is 0.306 e. The molecule has 11 heteroatoms. The molecule has 0 aromatic rings. The van der Waals surface area contributed by atoms with E-state index >= 15 is 0 Å². The SMILES string of the molecule is CCCCC/C=C\C/C=C\CCCCCCCCCCCC(=O)O[C@H](COC(=O)CCCC(O)/C=C/C=C/C/C=C/CCCCCCCC)COP(=O)([O-])OCC[N+](C)(C)C. The number of phosphoric acid groups is 1. The van der Waals surface area contributed by atoms with Gasteiger partial charge in [-0.2, -0.15) is 0 Å². The topological polar surface area (TPSA) is 131 Å². The summed E-state index contributed by atoms with van der Waals surface area (Å²) in [5.41, 5.74) is 0. The molecule has 0 aliphatic heterocycles. The molecule has 10 nitrogen and oxygen atoms in total. The van der Waals surface area contributed by atoms with Gasteiger partial charge in [0.25, 0.3) is 7.82 Å². The van der Waals surface area contributed by atoms with Crippen molar-refractivity contribution in [2.75, 3.05) is 47.5 Å². The van der Waals surface area contributed by atoms with Crippen molar-refractivity contribution >= 4 is 19.8 Å². The number of rotatable bonds is 43. The van der Waals surface area contributed by atoms with E-state index in [1.54, 1.807) is 6.08 Å². The Morgan fingerprint density at radius 1 is 0.607 bits per heavy atom. The minimum atomic E-state index is -4.68. The van der Waals surface area contributed by atoms with E-state index in [-0.39, 0.29) is 26.1 Å². The second kappa shape index (κ2) is 41.7. The second-order valence-electron chi connectivity index (χ2n) is 17.3. The lowest BCUT2D eigenvalue weighted by Crippen LogP contribution is -2.37. The maximum absolute atomic E-state index is 12.7. The Labute approximate surface area is 373 Å². The van der Waals surface area contributed by atoms with Crippen LogP contribution in [0.1, 0.15) is 187 Å². The second-order valence-corrected chi connectivity index (χ2v) is 18.7. The van der Waals surface area contributed by atoms with Gasteiger partial charge in [-0.05, 0) is 70.6 Å². The minimum Gasteiger partial charge on any atom is -0.756 e. The van der Waals surface area contributed by atoms with Crippen molar-refractivity contribution in [1.29, 1.82) is 0 Å². The fourth-order valence-electron chi connectivity index (χ4n) is 6.28. The summed E-state index contributed by atoms with van der Waals surface area (Å²) in [5.74, 6) is -1.04. The first-order valence-corrected chi connectivity index (χ1v) is 25.6. The number of esters is 2. The van der Waals surface area contributed by atoms with Crippen molar-refractivity contribution in [1.82, 2.24) is 0 Å². The molecule has 0 aromatic heterocycles. The van der Waals surface area contributed by atoms with E-state index < -0.39 is 38.6 Å². The maximum Gasteiger partial charge on any atom is 0.306 e. The van der Waals surface area contributed by atoms with E-state index in [9.17, 15) is 24.2 Å². The number of aliphatic hydroxyl groups excluding tert-OH is 1. The fraction of sp³-hybridized carbons (Fsp3) is 0.760. The molecule has 0 bridgehead atoms. The number of nitrogens with zero attached hydrogens (tertiary/aromatic N) is 1. The van der Waals surface area contributed by atoms with Crippen LogP contribution in [-0.4, -0.2) is 81.2 Å². The Kier molecular flexibility index (Phi) is 40.1. The number of hydrogen-bond acceptors (Lipinski definition) is 9. The Morgan fingerprint density at radius 2 is 1.10 bits per heavy atom. The molecule has 0 fully saturated rings. The summed E-state index contributed by atoms with van der Waals surface area (Å²) in [7, 11) is 1.06. The van der Waals surface area contributed by atoms with E-state index in [2.05, 4.69) is 50.3 Å². The molecule has 0 heterocycles. The molecule has 0 saturated heterocycles. The molecule has 354 valence electrons. The van der Waals surface area contributed by atoms with Crippen LogP contribution >= 0.6 is 7.82 Å². The average molecular weight is 880 g/mol. The number of quaternary nitrogens is 1. The van der Waals surface area contributed by atoms with E-state index in [1.807, 2.05) is 39.4 Å². The molecule has 0 amide bonds. The molecule has 3 atom stereocenters. The number of carbonyl (C=O) groups excluding carboxylic acids is 2. The zero-order valence-corrected chi connectivity index (χ0v) is 40.4. The highest BCUT2D eigenvalue weighted by Gasteiger charge is 2.22. The lowest BCUT2D eigenvalue weighted by atomic mass is 10.1. The molecule has 0 spiro atoms. The van der Waals surface area contributed by atoms with Crippen LogP contribution in [0.25, 0.3) is 0 Å². The third-order valence-corrected chi connectivity index (χ3v) is 11.1. The summed E-state index contributed by atoms with van der Waals surface area (Å²) in [6.45, 7) is 3.97. The van der Waals surface area contributed by atoms with Crippen LogP contribution in [-0.2, 0) is 32.7 Å². The monoisotopic (exact) mass is 880 g/mol. The number of likely N-dealkylation sites (N-methyl/N-ethyl adjacent to an activating group) is 1. The number of phosphoric ester groups is 1. The van der Waals surface area contributed by atoms with E-state index in [4.69, 9.17) is 18.5 Å². The molecule has 0 radical (unpaired) electrons. The lowest BCUT2D eigenvalue weighted by molar-refractivity contribution is -0.870. The molecule has 1 N–H and O–H groups in total. The van der Waals surface area contributed by atoms with Gasteiger partial charge in [-0.25, -0.2) is 0 Å². The van der Waals surface area contributed by atoms with Crippen LogP contribution in [0, 0.1) is 0 Å². The zero-order valence-electron chi connectivity index (χ0n) is 39.5. The predicted molar refractivity (Wildman–Crippen MR) is 251 cm³/mol. The summed E-state index contributed by atoms with van der Waals surface area (Å²) in [6.07, 6.45) is 47.0. The minimum absolute atomic E-state index is 0.0502. The fourth-order valence-corrected chi connectivity index (χ4v) is 7.01. The summed E-state index contributed by atoms with van der Waals surface area (Å²) in [6, 6.07) is 0. The van der Waals surface area contributed by atoms with Crippen LogP contribution < -0.4 is 4.89 Å². The summed E-state index contributed by atoms with van der Waals surface area (Å²) in [5, 5.41) is 10.3.